The highest BCUT2D eigenvalue weighted by Crippen LogP contribution is 2.19. The van der Waals surface area contributed by atoms with Gasteiger partial charge in [0.15, 0.2) is 0 Å². The number of esters is 1. The van der Waals surface area contributed by atoms with Gasteiger partial charge in [-0.2, -0.15) is 0 Å². The van der Waals surface area contributed by atoms with Gasteiger partial charge in [-0.1, -0.05) is 24.8 Å². The van der Waals surface area contributed by atoms with Gasteiger partial charge in [-0.05, 0) is 46.6 Å². The summed E-state index contributed by atoms with van der Waals surface area (Å²) >= 11 is 5.42. The number of benzene rings is 2. The van der Waals surface area contributed by atoms with E-state index >= 15 is 0 Å². The van der Waals surface area contributed by atoms with Gasteiger partial charge in [0.1, 0.15) is 6.61 Å². The van der Waals surface area contributed by atoms with E-state index < -0.39 is 11.2 Å². The molecule has 2 aromatic carbocycles. The number of ether oxygens (including phenoxy) is 1. The topological polar surface area (TPSA) is 43.4 Å². The summed E-state index contributed by atoms with van der Waals surface area (Å²) in [4.78, 5) is 22.7. The molecule has 19 heavy (non-hydrogen) atoms. The van der Waals surface area contributed by atoms with Gasteiger partial charge < -0.3 is 4.74 Å². The zero-order chi connectivity index (χ0) is 13.8. The van der Waals surface area contributed by atoms with E-state index in [1.54, 1.807) is 36.4 Å². The number of fused-ring (bicyclic) bond motifs is 1. The van der Waals surface area contributed by atoms with Gasteiger partial charge in [-0.15, -0.1) is 0 Å². The molecule has 0 saturated heterocycles. The number of carbonyl (C=O) groups excluding carboxylic acids is 2. The molecule has 0 bridgehead atoms. The molecule has 0 N–H and O–H groups in total. The zero-order valence-corrected chi connectivity index (χ0v) is 10.8. The number of hydrogen-bond donors (Lipinski definition) is 0. The highest BCUT2D eigenvalue weighted by atomic mass is 35.5. The van der Waals surface area contributed by atoms with Crippen molar-refractivity contribution < 1.29 is 14.3 Å². The molecule has 0 saturated carbocycles. The van der Waals surface area contributed by atoms with Crippen molar-refractivity contribution in [1.29, 1.82) is 0 Å². The average Bonchev–Trinajstić information content (AvgIpc) is 2.43. The lowest BCUT2D eigenvalue weighted by molar-refractivity contribution is 0.0550. The van der Waals surface area contributed by atoms with Crippen LogP contribution in [-0.4, -0.2) is 17.8 Å². The quantitative estimate of drug-likeness (QED) is 0.486. The van der Waals surface area contributed by atoms with Crippen LogP contribution in [0.1, 0.15) is 20.7 Å². The van der Waals surface area contributed by atoms with E-state index in [2.05, 4.69) is 6.58 Å². The van der Waals surface area contributed by atoms with Gasteiger partial charge in [0.25, 0.3) is 5.24 Å². The highest BCUT2D eigenvalue weighted by Gasteiger charge is 2.08. The molecule has 0 aliphatic heterocycles. The largest absolute Gasteiger partial charge is 0.458 e. The Bertz CT molecular complexity index is 661. The van der Waals surface area contributed by atoms with E-state index in [1.807, 2.05) is 0 Å². The Kier molecular flexibility index (Phi) is 3.97. The van der Waals surface area contributed by atoms with E-state index in [0.29, 0.717) is 11.1 Å². The maximum atomic E-state index is 11.7. The zero-order valence-electron chi connectivity index (χ0n) is 10.1. The van der Waals surface area contributed by atoms with Crippen LogP contribution in [0.2, 0.25) is 0 Å². The third-order valence-corrected chi connectivity index (χ3v) is 2.85. The van der Waals surface area contributed by atoms with Gasteiger partial charge in [-0.3, -0.25) is 4.79 Å². The molecule has 3 nitrogen and oxygen atoms in total. The molecule has 0 aromatic heterocycles. The van der Waals surface area contributed by atoms with Gasteiger partial charge in [0.2, 0.25) is 0 Å². The SMILES string of the molecule is C=CCOC(=O)c1ccc2cc(C(=O)Cl)ccc2c1. The van der Waals surface area contributed by atoms with Crippen molar-refractivity contribution in [3.63, 3.8) is 0 Å². The Balaban J connectivity index is 2.36. The predicted octanol–water partition coefficient (Wildman–Crippen LogP) is 3.56. The Morgan fingerprint density at radius 2 is 1.68 bits per heavy atom. The van der Waals surface area contributed by atoms with Crippen molar-refractivity contribution in [3.8, 4) is 0 Å². The van der Waals surface area contributed by atoms with Crippen LogP contribution in [0, 0.1) is 0 Å². The van der Waals surface area contributed by atoms with Crippen LogP contribution >= 0.6 is 11.6 Å². The third kappa shape index (κ3) is 3.01. The van der Waals surface area contributed by atoms with Crippen LogP contribution in [0.25, 0.3) is 10.8 Å². The summed E-state index contributed by atoms with van der Waals surface area (Å²) in [6.07, 6.45) is 1.51. The summed E-state index contributed by atoms with van der Waals surface area (Å²) < 4.78 is 4.96. The second-order valence-corrected chi connectivity index (χ2v) is 4.28. The minimum absolute atomic E-state index is 0.177. The summed E-state index contributed by atoms with van der Waals surface area (Å²) in [5, 5.41) is 1.18. The van der Waals surface area contributed by atoms with Crippen molar-refractivity contribution in [2.24, 2.45) is 0 Å². The minimum Gasteiger partial charge on any atom is -0.458 e. The van der Waals surface area contributed by atoms with Crippen molar-refractivity contribution in [1.82, 2.24) is 0 Å². The lowest BCUT2D eigenvalue weighted by Crippen LogP contribution is -2.04. The first-order chi connectivity index (χ1) is 9.11. The normalized spacial score (nSPS) is 10.2. The lowest BCUT2D eigenvalue weighted by atomic mass is 10.0. The van der Waals surface area contributed by atoms with Crippen LogP contribution in [-0.2, 0) is 4.74 Å². The number of hydrogen-bond acceptors (Lipinski definition) is 3. The first-order valence-electron chi connectivity index (χ1n) is 5.63. The number of halogens is 1. The summed E-state index contributed by atoms with van der Waals surface area (Å²) in [5.74, 6) is -0.403. The smallest absolute Gasteiger partial charge is 0.338 e. The molecule has 2 rings (SSSR count). The first-order valence-corrected chi connectivity index (χ1v) is 6.01. The molecule has 4 heteroatoms. The van der Waals surface area contributed by atoms with Gasteiger partial charge >= 0.3 is 5.97 Å². The van der Waals surface area contributed by atoms with Crippen LogP contribution in [0.15, 0.2) is 49.1 Å². The molecule has 0 fully saturated rings. The van der Waals surface area contributed by atoms with Gasteiger partial charge in [0.05, 0.1) is 5.56 Å². The first kappa shape index (κ1) is 13.3. The van der Waals surface area contributed by atoms with E-state index in [-0.39, 0.29) is 6.61 Å². The van der Waals surface area contributed by atoms with Crippen molar-refractivity contribution in [2.75, 3.05) is 6.61 Å². The van der Waals surface area contributed by atoms with Crippen LogP contribution in [0.4, 0.5) is 0 Å². The number of rotatable bonds is 4. The van der Waals surface area contributed by atoms with E-state index in [4.69, 9.17) is 16.3 Å². The molecule has 0 unspecified atom stereocenters. The van der Waals surface area contributed by atoms with E-state index in [1.165, 1.54) is 6.08 Å². The fraction of sp³-hybridized carbons (Fsp3) is 0.0667. The summed E-state index contributed by atoms with van der Waals surface area (Å²) in [6, 6.07) is 10.2. The fourth-order valence-electron chi connectivity index (χ4n) is 1.71. The molecule has 0 atom stereocenters. The monoisotopic (exact) mass is 274 g/mol. The Morgan fingerprint density at radius 1 is 1.11 bits per heavy atom. The van der Waals surface area contributed by atoms with E-state index in [9.17, 15) is 9.59 Å². The van der Waals surface area contributed by atoms with Crippen molar-refractivity contribution in [3.05, 3.63) is 60.2 Å². The maximum Gasteiger partial charge on any atom is 0.338 e. The Labute approximate surface area is 115 Å². The summed E-state index contributed by atoms with van der Waals surface area (Å²) in [7, 11) is 0. The standard InChI is InChI=1S/C15H11ClO3/c1-2-7-19-15(18)13-6-4-10-8-12(14(16)17)5-3-11(10)9-13/h2-6,8-9H,1,7H2. The third-order valence-electron chi connectivity index (χ3n) is 2.64. The fourth-order valence-corrected chi connectivity index (χ4v) is 1.83. The molecule has 0 radical (unpaired) electrons. The van der Waals surface area contributed by atoms with Gasteiger partial charge in [-0.25, -0.2) is 4.79 Å². The van der Waals surface area contributed by atoms with Crippen LogP contribution in [0.5, 0.6) is 0 Å². The summed E-state index contributed by atoms with van der Waals surface area (Å²) in [6.45, 7) is 3.66. The number of carbonyl (C=O) groups is 2. The highest BCUT2D eigenvalue weighted by molar-refractivity contribution is 6.67. The van der Waals surface area contributed by atoms with Crippen molar-refractivity contribution in [2.45, 2.75) is 0 Å². The molecule has 96 valence electrons. The molecular formula is C15H11ClO3. The van der Waals surface area contributed by atoms with Crippen LogP contribution < -0.4 is 0 Å². The van der Waals surface area contributed by atoms with E-state index in [0.717, 1.165) is 10.8 Å². The summed E-state index contributed by atoms with van der Waals surface area (Å²) in [5.41, 5.74) is 0.885. The minimum atomic E-state index is -0.503. The maximum absolute atomic E-state index is 11.7. The molecule has 0 heterocycles. The second-order valence-electron chi connectivity index (χ2n) is 3.94. The average molecular weight is 275 g/mol. The molecule has 2 aromatic rings. The van der Waals surface area contributed by atoms with Crippen LogP contribution in [0.3, 0.4) is 0 Å². The van der Waals surface area contributed by atoms with Gasteiger partial charge in [0, 0.05) is 5.56 Å². The molecule has 0 amide bonds. The molecular weight excluding hydrogens is 264 g/mol. The Morgan fingerprint density at radius 3 is 2.26 bits per heavy atom. The second kappa shape index (κ2) is 5.67. The lowest BCUT2D eigenvalue weighted by Gasteiger charge is -2.04. The molecule has 0 aliphatic rings. The van der Waals surface area contributed by atoms with Crippen molar-refractivity contribution >= 4 is 33.6 Å². The molecule has 0 aliphatic carbocycles. The Hall–Kier alpha value is -2.13. The molecule has 0 spiro atoms. The predicted molar refractivity (Wildman–Crippen MR) is 74.6 cm³/mol.